The predicted octanol–water partition coefficient (Wildman–Crippen LogP) is 1.91. The average molecular weight is 311 g/mol. The van der Waals surface area contributed by atoms with E-state index >= 15 is 0 Å². The van der Waals surface area contributed by atoms with Crippen molar-refractivity contribution >= 4 is 17.3 Å². The molecule has 0 radical (unpaired) electrons. The molecule has 1 aliphatic heterocycles. The van der Waals surface area contributed by atoms with Crippen molar-refractivity contribution in [1.82, 2.24) is 15.1 Å². The Labute approximate surface area is 130 Å². The molecule has 6 heteroatoms. The Kier molecular flexibility index (Phi) is 5.42. The largest absolute Gasteiger partial charge is 0.369 e. The predicted molar refractivity (Wildman–Crippen MR) is 87.2 cm³/mol. The molecule has 2 rings (SSSR count). The van der Waals surface area contributed by atoms with Crippen LogP contribution >= 0.6 is 11.6 Å². The summed E-state index contributed by atoms with van der Waals surface area (Å²) in [6.07, 6.45) is 5.51. The molecule has 0 saturated carbocycles. The summed E-state index contributed by atoms with van der Waals surface area (Å²) in [5.74, 6) is 0.666. The third kappa shape index (κ3) is 3.47. The number of hydrogen-bond donors (Lipinski definition) is 1. The highest BCUT2D eigenvalue weighted by Gasteiger charge is 2.25. The molecule has 0 aromatic carbocycles. The Morgan fingerprint density at radius 2 is 2.24 bits per heavy atom. The van der Waals surface area contributed by atoms with Crippen LogP contribution in [0.4, 0.5) is 5.69 Å². The molecule has 1 aromatic rings. The molecule has 1 aromatic heterocycles. The maximum absolute atomic E-state index is 12.1. The molecule has 0 amide bonds. The molecule has 21 heavy (non-hydrogen) atoms. The monoisotopic (exact) mass is 310 g/mol. The van der Waals surface area contributed by atoms with E-state index in [-0.39, 0.29) is 10.6 Å². The van der Waals surface area contributed by atoms with Gasteiger partial charge in [0.05, 0.1) is 18.4 Å². The van der Waals surface area contributed by atoms with E-state index in [4.69, 9.17) is 11.6 Å². The van der Waals surface area contributed by atoms with Crippen LogP contribution in [0.2, 0.25) is 5.02 Å². The SMILES string of the molecule is C=CCn1ncc(N2CCC(C(C)NC)CC2)c(Cl)c1=O. The van der Waals surface area contributed by atoms with Crippen LogP contribution in [0.3, 0.4) is 0 Å². The minimum absolute atomic E-state index is 0.250. The van der Waals surface area contributed by atoms with Crippen LogP contribution in [0.15, 0.2) is 23.6 Å². The van der Waals surface area contributed by atoms with Gasteiger partial charge in [-0.1, -0.05) is 17.7 Å². The van der Waals surface area contributed by atoms with Gasteiger partial charge in [-0.05, 0) is 32.7 Å². The summed E-state index contributed by atoms with van der Waals surface area (Å²) in [5, 5.41) is 7.74. The quantitative estimate of drug-likeness (QED) is 0.844. The number of allylic oxidation sites excluding steroid dienone is 1. The number of aromatic nitrogens is 2. The maximum atomic E-state index is 12.1. The fraction of sp³-hybridized carbons (Fsp3) is 0.600. The van der Waals surface area contributed by atoms with Gasteiger partial charge in [0, 0.05) is 19.1 Å². The van der Waals surface area contributed by atoms with Gasteiger partial charge < -0.3 is 10.2 Å². The van der Waals surface area contributed by atoms with E-state index < -0.39 is 0 Å². The lowest BCUT2D eigenvalue weighted by Gasteiger charge is -2.36. The highest BCUT2D eigenvalue weighted by molar-refractivity contribution is 6.33. The second-order valence-corrected chi connectivity index (χ2v) is 5.90. The molecule has 0 bridgehead atoms. The molecule has 1 N–H and O–H groups in total. The molecule has 2 heterocycles. The molecular weight excluding hydrogens is 288 g/mol. The van der Waals surface area contributed by atoms with Gasteiger partial charge in [0.2, 0.25) is 0 Å². The first-order chi connectivity index (χ1) is 10.1. The van der Waals surface area contributed by atoms with Gasteiger partial charge in [-0.15, -0.1) is 6.58 Å². The zero-order valence-electron chi connectivity index (χ0n) is 12.7. The molecule has 1 atom stereocenters. The third-order valence-electron chi connectivity index (χ3n) is 4.31. The lowest BCUT2D eigenvalue weighted by Crippen LogP contribution is -2.41. The number of rotatable bonds is 5. The Morgan fingerprint density at radius 1 is 1.57 bits per heavy atom. The summed E-state index contributed by atoms with van der Waals surface area (Å²) < 4.78 is 1.33. The van der Waals surface area contributed by atoms with E-state index in [1.165, 1.54) is 4.68 Å². The van der Waals surface area contributed by atoms with Gasteiger partial charge in [-0.2, -0.15) is 5.10 Å². The zero-order valence-corrected chi connectivity index (χ0v) is 13.4. The van der Waals surface area contributed by atoms with E-state index in [2.05, 4.69) is 28.8 Å². The molecule has 1 aliphatic rings. The molecule has 0 spiro atoms. The van der Waals surface area contributed by atoms with Crippen molar-refractivity contribution < 1.29 is 0 Å². The van der Waals surface area contributed by atoms with Crippen molar-refractivity contribution in [3.63, 3.8) is 0 Å². The summed E-state index contributed by atoms with van der Waals surface area (Å²) >= 11 is 6.23. The number of hydrogen-bond acceptors (Lipinski definition) is 4. The van der Waals surface area contributed by atoms with Crippen LogP contribution in [0.1, 0.15) is 19.8 Å². The standard InChI is InChI=1S/C15H23ClN4O/c1-4-7-20-15(21)14(16)13(10-18-20)19-8-5-12(6-9-19)11(2)17-3/h4,10-12,17H,1,5-9H2,2-3H3. The lowest BCUT2D eigenvalue weighted by molar-refractivity contribution is 0.323. The van der Waals surface area contributed by atoms with Crippen LogP contribution in [-0.4, -0.2) is 36.0 Å². The number of nitrogens with one attached hydrogen (secondary N) is 1. The number of piperidine rings is 1. The zero-order chi connectivity index (χ0) is 15.4. The van der Waals surface area contributed by atoms with E-state index in [1.54, 1.807) is 12.3 Å². The van der Waals surface area contributed by atoms with Crippen LogP contribution in [-0.2, 0) is 6.54 Å². The fourth-order valence-electron chi connectivity index (χ4n) is 2.81. The first-order valence-electron chi connectivity index (χ1n) is 7.37. The molecular formula is C15H23ClN4O. The molecule has 5 nitrogen and oxygen atoms in total. The second-order valence-electron chi connectivity index (χ2n) is 5.52. The Morgan fingerprint density at radius 3 is 2.81 bits per heavy atom. The first-order valence-corrected chi connectivity index (χ1v) is 7.75. The number of halogens is 1. The van der Waals surface area contributed by atoms with Crippen molar-refractivity contribution in [3.05, 3.63) is 34.2 Å². The van der Waals surface area contributed by atoms with Crippen molar-refractivity contribution in [2.45, 2.75) is 32.4 Å². The van der Waals surface area contributed by atoms with Crippen LogP contribution in [0, 0.1) is 5.92 Å². The first kappa shape index (κ1) is 16.0. The summed E-state index contributed by atoms with van der Waals surface area (Å²) in [6.45, 7) is 8.01. The lowest BCUT2D eigenvalue weighted by atomic mass is 9.90. The minimum atomic E-state index is -0.250. The Balaban J connectivity index is 2.12. The highest BCUT2D eigenvalue weighted by atomic mass is 35.5. The smallest absolute Gasteiger partial charge is 0.287 e. The van der Waals surface area contributed by atoms with Gasteiger partial charge in [-0.3, -0.25) is 4.79 Å². The summed E-state index contributed by atoms with van der Waals surface area (Å²) in [6, 6.07) is 0.515. The van der Waals surface area contributed by atoms with Crippen LogP contribution in [0.5, 0.6) is 0 Å². The topological polar surface area (TPSA) is 50.2 Å². The maximum Gasteiger partial charge on any atom is 0.287 e. The number of anilines is 1. The van der Waals surface area contributed by atoms with Crippen molar-refractivity contribution in [2.24, 2.45) is 5.92 Å². The van der Waals surface area contributed by atoms with Gasteiger partial charge in [0.25, 0.3) is 5.56 Å². The molecule has 1 fully saturated rings. The van der Waals surface area contributed by atoms with E-state index in [9.17, 15) is 4.79 Å². The molecule has 116 valence electrons. The Bertz CT molecular complexity index is 549. The van der Waals surface area contributed by atoms with Crippen molar-refractivity contribution in [3.8, 4) is 0 Å². The second kappa shape index (κ2) is 7.09. The van der Waals surface area contributed by atoms with Gasteiger partial charge >= 0.3 is 0 Å². The molecule has 0 aliphatic carbocycles. The van der Waals surface area contributed by atoms with Crippen LogP contribution in [0.25, 0.3) is 0 Å². The van der Waals surface area contributed by atoms with Gasteiger partial charge in [-0.25, -0.2) is 4.68 Å². The van der Waals surface area contributed by atoms with E-state index in [1.807, 2.05) is 7.05 Å². The summed E-state index contributed by atoms with van der Waals surface area (Å²) in [4.78, 5) is 14.3. The van der Waals surface area contributed by atoms with Crippen LogP contribution < -0.4 is 15.8 Å². The number of nitrogens with zero attached hydrogens (tertiary/aromatic N) is 3. The Hall–Kier alpha value is -1.33. The molecule has 1 saturated heterocycles. The van der Waals surface area contributed by atoms with E-state index in [0.717, 1.165) is 31.6 Å². The normalized spacial score (nSPS) is 17.8. The molecule has 1 unspecified atom stereocenters. The minimum Gasteiger partial charge on any atom is -0.369 e. The van der Waals surface area contributed by atoms with Crippen molar-refractivity contribution in [1.29, 1.82) is 0 Å². The average Bonchev–Trinajstić information content (AvgIpc) is 2.52. The third-order valence-corrected chi connectivity index (χ3v) is 4.67. The summed E-state index contributed by atoms with van der Waals surface area (Å²) in [7, 11) is 2.00. The van der Waals surface area contributed by atoms with Gasteiger partial charge in [0.15, 0.2) is 0 Å². The fourth-order valence-corrected chi connectivity index (χ4v) is 3.07. The highest BCUT2D eigenvalue weighted by Crippen LogP contribution is 2.28. The van der Waals surface area contributed by atoms with E-state index in [0.29, 0.717) is 18.5 Å². The van der Waals surface area contributed by atoms with Gasteiger partial charge in [0.1, 0.15) is 5.02 Å². The van der Waals surface area contributed by atoms with Crippen molar-refractivity contribution in [2.75, 3.05) is 25.0 Å². The summed E-state index contributed by atoms with van der Waals surface area (Å²) in [5.41, 5.74) is 0.498.